The maximum Gasteiger partial charge on any atom is 0.0913 e. The van der Waals surface area contributed by atoms with Crippen molar-refractivity contribution in [1.82, 2.24) is 0 Å². The van der Waals surface area contributed by atoms with Crippen LogP contribution in [0.1, 0.15) is 40.0 Å². The maximum absolute atomic E-state index is 10.5. The monoisotopic (exact) mass is 198 g/mol. The summed E-state index contributed by atoms with van der Waals surface area (Å²) in [6, 6.07) is 0. The van der Waals surface area contributed by atoms with Crippen LogP contribution in [0.4, 0.5) is 0 Å². The predicted octanol–water partition coefficient (Wildman–Crippen LogP) is 2.21. The summed E-state index contributed by atoms with van der Waals surface area (Å²) in [4.78, 5) is 0. The van der Waals surface area contributed by atoms with E-state index in [0.29, 0.717) is 11.3 Å². The van der Waals surface area contributed by atoms with Crippen LogP contribution in [0.3, 0.4) is 0 Å². The lowest BCUT2D eigenvalue weighted by Gasteiger charge is -2.56. The van der Waals surface area contributed by atoms with Gasteiger partial charge in [0.1, 0.15) is 0 Å². The van der Waals surface area contributed by atoms with Crippen LogP contribution in [-0.4, -0.2) is 23.9 Å². The van der Waals surface area contributed by atoms with E-state index in [1.165, 1.54) is 12.8 Å². The minimum Gasteiger partial charge on any atom is -0.387 e. The Morgan fingerprint density at radius 3 is 2.36 bits per heavy atom. The summed E-state index contributed by atoms with van der Waals surface area (Å²) in [5.41, 5.74) is -0.331. The van der Waals surface area contributed by atoms with Gasteiger partial charge >= 0.3 is 0 Å². The highest BCUT2D eigenvalue weighted by atomic mass is 16.5. The van der Waals surface area contributed by atoms with E-state index in [2.05, 4.69) is 13.8 Å². The van der Waals surface area contributed by atoms with Gasteiger partial charge in [-0.3, -0.25) is 0 Å². The first-order chi connectivity index (χ1) is 6.40. The van der Waals surface area contributed by atoms with E-state index in [9.17, 15) is 5.11 Å². The molecule has 0 aromatic heterocycles. The summed E-state index contributed by atoms with van der Waals surface area (Å²) in [7, 11) is 1.72. The summed E-state index contributed by atoms with van der Waals surface area (Å²) in [6.07, 6.45) is 3.42. The van der Waals surface area contributed by atoms with Crippen molar-refractivity contribution in [2.75, 3.05) is 7.11 Å². The Kier molecular flexibility index (Phi) is 2.20. The normalized spacial score (nSPS) is 50.8. The number of fused-ring (bicyclic) bond motifs is 3. The van der Waals surface area contributed by atoms with E-state index >= 15 is 0 Å². The summed E-state index contributed by atoms with van der Waals surface area (Å²) in [5.74, 6) is 1.20. The van der Waals surface area contributed by atoms with E-state index in [0.717, 1.165) is 12.3 Å². The molecule has 0 aromatic carbocycles. The Morgan fingerprint density at radius 1 is 1.21 bits per heavy atom. The zero-order valence-electron chi connectivity index (χ0n) is 9.71. The van der Waals surface area contributed by atoms with E-state index < -0.39 is 5.60 Å². The largest absolute Gasteiger partial charge is 0.387 e. The third-order valence-corrected chi connectivity index (χ3v) is 4.89. The van der Waals surface area contributed by atoms with Crippen molar-refractivity contribution in [1.29, 1.82) is 0 Å². The molecule has 2 heteroatoms. The summed E-state index contributed by atoms with van der Waals surface area (Å²) in [6.45, 7) is 6.53. The lowest BCUT2D eigenvalue weighted by molar-refractivity contribution is -0.176. The van der Waals surface area contributed by atoms with Crippen molar-refractivity contribution in [3.8, 4) is 0 Å². The van der Waals surface area contributed by atoms with Gasteiger partial charge in [-0.25, -0.2) is 0 Å². The second-order valence-electron chi connectivity index (χ2n) is 5.83. The van der Waals surface area contributed by atoms with Crippen LogP contribution in [0, 0.1) is 17.3 Å². The topological polar surface area (TPSA) is 29.5 Å². The smallest absolute Gasteiger partial charge is 0.0913 e. The van der Waals surface area contributed by atoms with Gasteiger partial charge in [0.25, 0.3) is 0 Å². The number of hydrogen-bond acceptors (Lipinski definition) is 2. The molecule has 0 aliphatic heterocycles. The quantitative estimate of drug-likeness (QED) is 0.700. The molecule has 1 N–H and O–H groups in total. The van der Waals surface area contributed by atoms with Gasteiger partial charge in [0, 0.05) is 7.11 Å². The zero-order chi connectivity index (χ0) is 10.6. The van der Waals surface area contributed by atoms with Gasteiger partial charge in [0.05, 0.1) is 11.7 Å². The van der Waals surface area contributed by atoms with Crippen LogP contribution in [0.5, 0.6) is 0 Å². The molecule has 2 nitrogen and oxygen atoms in total. The zero-order valence-corrected chi connectivity index (χ0v) is 9.71. The molecule has 3 aliphatic carbocycles. The first-order valence-electron chi connectivity index (χ1n) is 5.66. The highest BCUT2D eigenvalue weighted by molar-refractivity contribution is 5.09. The van der Waals surface area contributed by atoms with Crippen molar-refractivity contribution in [3.05, 3.63) is 0 Å². The molecule has 0 heterocycles. The first kappa shape index (κ1) is 10.4. The third-order valence-electron chi connectivity index (χ3n) is 4.89. The average Bonchev–Trinajstić information content (AvgIpc) is 2.25. The van der Waals surface area contributed by atoms with Gasteiger partial charge in [-0.2, -0.15) is 0 Å². The fourth-order valence-corrected chi connectivity index (χ4v) is 3.72. The van der Waals surface area contributed by atoms with Crippen molar-refractivity contribution in [2.45, 2.75) is 51.7 Å². The molecule has 3 rings (SSSR count). The molecule has 0 saturated heterocycles. The standard InChI is InChI=1S/C12H22O2/c1-11(2)8-5-6-10(14-4)12(3,13)9(11)7-8/h8-10,13H,5-7H2,1-4H3/t8-,9+,10?,12+/m1/s1. The minimum absolute atomic E-state index is 0.0271. The molecular formula is C12H22O2. The highest BCUT2D eigenvalue weighted by Gasteiger charge is 2.59. The molecule has 0 aromatic rings. The molecule has 14 heavy (non-hydrogen) atoms. The Morgan fingerprint density at radius 2 is 1.86 bits per heavy atom. The molecule has 1 unspecified atom stereocenters. The van der Waals surface area contributed by atoms with Gasteiger partial charge in [0.15, 0.2) is 0 Å². The van der Waals surface area contributed by atoms with Gasteiger partial charge in [0.2, 0.25) is 0 Å². The first-order valence-corrected chi connectivity index (χ1v) is 5.66. The lowest BCUT2D eigenvalue weighted by Crippen LogP contribution is -2.57. The molecule has 0 spiro atoms. The Balaban J connectivity index is 2.27. The summed E-state index contributed by atoms with van der Waals surface area (Å²) in [5, 5.41) is 10.5. The third kappa shape index (κ3) is 1.17. The van der Waals surface area contributed by atoms with Crippen LogP contribution in [0.15, 0.2) is 0 Å². The Hall–Kier alpha value is -0.0800. The van der Waals surface area contributed by atoms with Crippen LogP contribution in [0.2, 0.25) is 0 Å². The van der Waals surface area contributed by atoms with Crippen molar-refractivity contribution >= 4 is 0 Å². The molecule has 3 aliphatic rings. The van der Waals surface area contributed by atoms with Crippen LogP contribution in [0.25, 0.3) is 0 Å². The van der Waals surface area contributed by atoms with Crippen LogP contribution in [-0.2, 0) is 4.74 Å². The van der Waals surface area contributed by atoms with Gasteiger partial charge in [-0.1, -0.05) is 13.8 Å². The second kappa shape index (κ2) is 2.96. The summed E-state index contributed by atoms with van der Waals surface area (Å²) < 4.78 is 5.43. The Labute approximate surface area is 86.6 Å². The van der Waals surface area contributed by atoms with E-state index in [1.54, 1.807) is 7.11 Å². The number of rotatable bonds is 1. The highest BCUT2D eigenvalue weighted by Crippen LogP contribution is 2.60. The molecule has 82 valence electrons. The van der Waals surface area contributed by atoms with E-state index in [1.807, 2.05) is 6.92 Å². The summed E-state index contributed by atoms with van der Waals surface area (Å²) >= 11 is 0. The Bertz CT molecular complexity index is 232. The van der Waals surface area contributed by atoms with Crippen molar-refractivity contribution in [3.63, 3.8) is 0 Å². The van der Waals surface area contributed by atoms with E-state index in [4.69, 9.17) is 4.74 Å². The number of methoxy groups -OCH3 is 1. The molecular weight excluding hydrogens is 176 g/mol. The maximum atomic E-state index is 10.5. The van der Waals surface area contributed by atoms with Gasteiger partial charge in [-0.05, 0) is 43.4 Å². The van der Waals surface area contributed by atoms with Crippen LogP contribution < -0.4 is 0 Å². The number of ether oxygens (including phenoxy) is 1. The fraction of sp³-hybridized carbons (Fsp3) is 1.00. The molecule has 4 atom stereocenters. The second-order valence-corrected chi connectivity index (χ2v) is 5.83. The minimum atomic E-state index is -0.634. The molecule has 0 radical (unpaired) electrons. The average molecular weight is 198 g/mol. The number of hydrogen-bond donors (Lipinski definition) is 1. The molecule has 3 fully saturated rings. The molecule has 2 bridgehead atoms. The fourth-order valence-electron chi connectivity index (χ4n) is 3.72. The molecule has 0 amide bonds. The van der Waals surface area contributed by atoms with Crippen molar-refractivity contribution in [2.24, 2.45) is 17.3 Å². The molecule has 3 saturated carbocycles. The van der Waals surface area contributed by atoms with Crippen LogP contribution >= 0.6 is 0 Å². The van der Waals surface area contributed by atoms with E-state index in [-0.39, 0.29) is 6.10 Å². The SMILES string of the molecule is COC1CC[C@@H]2C[C@@H](C2(C)C)[C@]1(C)O. The van der Waals surface area contributed by atoms with Crippen molar-refractivity contribution < 1.29 is 9.84 Å². The number of aliphatic hydroxyl groups is 1. The van der Waals surface area contributed by atoms with Gasteiger partial charge < -0.3 is 9.84 Å². The predicted molar refractivity (Wildman–Crippen MR) is 56.0 cm³/mol. The lowest BCUT2D eigenvalue weighted by atomic mass is 9.51. The van der Waals surface area contributed by atoms with Gasteiger partial charge in [-0.15, -0.1) is 0 Å².